The van der Waals surface area contributed by atoms with Crippen molar-refractivity contribution in [2.24, 2.45) is 0 Å². The number of benzene rings is 1. The van der Waals surface area contributed by atoms with Gasteiger partial charge < -0.3 is 4.42 Å². The zero-order chi connectivity index (χ0) is 9.54. The molecule has 0 spiro atoms. The van der Waals surface area contributed by atoms with Gasteiger partial charge in [-0.2, -0.15) is 0 Å². The van der Waals surface area contributed by atoms with Crippen LogP contribution in [0.3, 0.4) is 0 Å². The third kappa shape index (κ3) is 1.02. The summed E-state index contributed by atoms with van der Waals surface area (Å²) in [5.41, 5.74) is 3.87. The van der Waals surface area contributed by atoms with E-state index in [1.54, 1.807) is 0 Å². The number of hydrogen-bond donors (Lipinski definition) is 0. The van der Waals surface area contributed by atoms with Crippen LogP contribution in [0.25, 0.3) is 11.0 Å². The summed E-state index contributed by atoms with van der Waals surface area (Å²) in [5, 5.41) is 1.29. The smallest absolute Gasteiger partial charge is 0.134 e. The third-order valence-electron chi connectivity index (χ3n) is 2.87. The highest BCUT2D eigenvalue weighted by Gasteiger charge is 2.16. The van der Waals surface area contributed by atoms with Gasteiger partial charge in [-0.25, -0.2) is 0 Å². The van der Waals surface area contributed by atoms with E-state index in [9.17, 15) is 0 Å². The number of hydrogen-bond acceptors (Lipinski definition) is 1. The number of allylic oxidation sites excluding steroid dienone is 2. The Balaban J connectivity index is 2.29. The molecule has 1 aliphatic rings. The maximum Gasteiger partial charge on any atom is 0.134 e. The molecular weight excluding hydrogens is 172 g/mol. The van der Waals surface area contributed by atoms with Crippen LogP contribution < -0.4 is 0 Å². The van der Waals surface area contributed by atoms with E-state index in [0.29, 0.717) is 0 Å². The second-order valence-corrected chi connectivity index (χ2v) is 3.93. The van der Waals surface area contributed by atoms with E-state index in [-0.39, 0.29) is 0 Å². The Labute approximate surface area is 83.0 Å². The van der Waals surface area contributed by atoms with Crippen LogP contribution in [0.2, 0.25) is 0 Å². The monoisotopic (exact) mass is 184 g/mol. The predicted octanol–water partition coefficient (Wildman–Crippen LogP) is 3.48. The fraction of sp³-hybridized carbons (Fsp3) is 0.231. The van der Waals surface area contributed by atoms with E-state index in [4.69, 9.17) is 4.42 Å². The molecule has 0 fully saturated rings. The first-order chi connectivity index (χ1) is 6.84. The van der Waals surface area contributed by atoms with Gasteiger partial charge in [0, 0.05) is 17.4 Å². The summed E-state index contributed by atoms with van der Waals surface area (Å²) in [6.45, 7) is 2.19. The fourth-order valence-corrected chi connectivity index (χ4v) is 2.13. The lowest BCUT2D eigenvalue weighted by molar-refractivity contribution is 0.555. The number of para-hydroxylation sites is 1. The predicted molar refractivity (Wildman–Crippen MR) is 57.4 cm³/mol. The van der Waals surface area contributed by atoms with Gasteiger partial charge >= 0.3 is 0 Å². The molecule has 3 rings (SSSR count). The lowest BCUT2D eigenvalue weighted by Crippen LogP contribution is -1.97. The number of rotatable bonds is 0. The van der Waals surface area contributed by atoms with Gasteiger partial charge in [-0.1, -0.05) is 29.8 Å². The van der Waals surface area contributed by atoms with E-state index in [2.05, 4.69) is 25.1 Å². The standard InChI is InChI=1S/C13H12O/c1-9-6-7-13-11(8-9)10-4-2-3-5-12(10)14-13/h2-6H,7-8H2,1H3. The van der Waals surface area contributed by atoms with E-state index in [1.165, 1.54) is 16.5 Å². The van der Waals surface area contributed by atoms with Crippen molar-refractivity contribution in [2.75, 3.05) is 0 Å². The molecule has 0 aliphatic heterocycles. The first kappa shape index (κ1) is 7.86. The van der Waals surface area contributed by atoms with Gasteiger partial charge in [-0.3, -0.25) is 0 Å². The van der Waals surface area contributed by atoms with Crippen molar-refractivity contribution in [3.05, 3.63) is 47.2 Å². The van der Waals surface area contributed by atoms with Crippen LogP contribution in [-0.2, 0) is 12.8 Å². The largest absolute Gasteiger partial charge is 0.460 e. The zero-order valence-electron chi connectivity index (χ0n) is 8.21. The van der Waals surface area contributed by atoms with Crippen molar-refractivity contribution < 1.29 is 4.42 Å². The van der Waals surface area contributed by atoms with Crippen molar-refractivity contribution >= 4 is 11.0 Å². The van der Waals surface area contributed by atoms with Crippen LogP contribution in [0.15, 0.2) is 40.3 Å². The minimum Gasteiger partial charge on any atom is -0.460 e. The minimum atomic E-state index is 0.954. The van der Waals surface area contributed by atoms with Crippen LogP contribution in [0.4, 0.5) is 0 Å². The SMILES string of the molecule is CC1=CCc2oc3ccccc3c2C1. The third-order valence-corrected chi connectivity index (χ3v) is 2.87. The lowest BCUT2D eigenvalue weighted by Gasteiger charge is -2.07. The molecule has 0 bridgehead atoms. The lowest BCUT2D eigenvalue weighted by atomic mass is 9.96. The highest BCUT2D eigenvalue weighted by atomic mass is 16.3. The fourth-order valence-electron chi connectivity index (χ4n) is 2.13. The number of furan rings is 1. The molecule has 0 radical (unpaired) electrons. The molecule has 0 unspecified atom stereocenters. The van der Waals surface area contributed by atoms with Crippen molar-refractivity contribution in [3.63, 3.8) is 0 Å². The van der Waals surface area contributed by atoms with Crippen molar-refractivity contribution in [3.8, 4) is 0 Å². The van der Waals surface area contributed by atoms with Gasteiger partial charge in [0.1, 0.15) is 11.3 Å². The molecule has 0 N–H and O–H groups in total. The topological polar surface area (TPSA) is 13.1 Å². The molecule has 1 heterocycles. The van der Waals surface area contributed by atoms with Crippen molar-refractivity contribution in [1.29, 1.82) is 0 Å². The number of fused-ring (bicyclic) bond motifs is 3. The van der Waals surface area contributed by atoms with Crippen LogP contribution in [0.1, 0.15) is 18.2 Å². The molecule has 14 heavy (non-hydrogen) atoms. The summed E-state index contributed by atoms with van der Waals surface area (Å²) >= 11 is 0. The van der Waals surface area contributed by atoms with E-state index >= 15 is 0 Å². The first-order valence-corrected chi connectivity index (χ1v) is 4.99. The van der Waals surface area contributed by atoms with Gasteiger partial charge in [-0.05, 0) is 19.4 Å². The van der Waals surface area contributed by atoms with Crippen LogP contribution >= 0.6 is 0 Å². The molecule has 1 aliphatic carbocycles. The Morgan fingerprint density at radius 3 is 3.00 bits per heavy atom. The molecule has 0 saturated heterocycles. The van der Waals surface area contributed by atoms with E-state index in [0.717, 1.165) is 24.2 Å². The van der Waals surface area contributed by atoms with Crippen molar-refractivity contribution in [1.82, 2.24) is 0 Å². The Bertz CT molecular complexity index is 517. The zero-order valence-corrected chi connectivity index (χ0v) is 8.21. The van der Waals surface area contributed by atoms with Crippen molar-refractivity contribution in [2.45, 2.75) is 19.8 Å². The summed E-state index contributed by atoms with van der Waals surface area (Å²) < 4.78 is 5.79. The maximum absolute atomic E-state index is 5.79. The summed E-state index contributed by atoms with van der Waals surface area (Å²) in [5.74, 6) is 1.15. The second-order valence-electron chi connectivity index (χ2n) is 3.93. The Hall–Kier alpha value is -1.50. The highest BCUT2D eigenvalue weighted by Crippen LogP contribution is 2.31. The summed E-state index contributed by atoms with van der Waals surface area (Å²) in [7, 11) is 0. The normalized spacial score (nSPS) is 15.4. The Kier molecular flexibility index (Phi) is 1.54. The highest BCUT2D eigenvalue weighted by molar-refractivity contribution is 5.83. The summed E-state index contributed by atoms with van der Waals surface area (Å²) in [4.78, 5) is 0. The molecule has 1 aromatic carbocycles. The summed E-state index contributed by atoms with van der Waals surface area (Å²) in [6, 6.07) is 8.29. The van der Waals surface area contributed by atoms with Crippen LogP contribution in [-0.4, -0.2) is 0 Å². The van der Waals surface area contributed by atoms with Gasteiger partial charge in [-0.15, -0.1) is 0 Å². The van der Waals surface area contributed by atoms with Crippen LogP contribution in [0, 0.1) is 0 Å². The quantitative estimate of drug-likeness (QED) is 0.571. The molecule has 0 saturated carbocycles. The van der Waals surface area contributed by atoms with Gasteiger partial charge in [0.15, 0.2) is 0 Å². The van der Waals surface area contributed by atoms with Gasteiger partial charge in [0.2, 0.25) is 0 Å². The molecular formula is C13H12O. The van der Waals surface area contributed by atoms with E-state index < -0.39 is 0 Å². The summed E-state index contributed by atoms with van der Waals surface area (Å²) in [6.07, 6.45) is 4.26. The van der Waals surface area contributed by atoms with Gasteiger partial charge in [0.05, 0.1) is 0 Å². The molecule has 1 aromatic heterocycles. The molecule has 0 atom stereocenters. The molecule has 0 amide bonds. The Morgan fingerprint density at radius 1 is 1.21 bits per heavy atom. The molecule has 1 heteroatoms. The minimum absolute atomic E-state index is 0.954. The second kappa shape index (κ2) is 2.74. The first-order valence-electron chi connectivity index (χ1n) is 4.99. The molecule has 2 aromatic rings. The van der Waals surface area contributed by atoms with Gasteiger partial charge in [0.25, 0.3) is 0 Å². The van der Waals surface area contributed by atoms with E-state index in [1.807, 2.05) is 12.1 Å². The average Bonchev–Trinajstić information content (AvgIpc) is 2.56. The molecule has 70 valence electrons. The Morgan fingerprint density at radius 2 is 2.07 bits per heavy atom. The maximum atomic E-state index is 5.79. The molecule has 1 nitrogen and oxygen atoms in total. The average molecular weight is 184 g/mol. The van der Waals surface area contributed by atoms with Crippen LogP contribution in [0.5, 0.6) is 0 Å².